The van der Waals surface area contributed by atoms with Crippen LogP contribution in [0.3, 0.4) is 0 Å². The first-order valence-corrected chi connectivity index (χ1v) is 4.80. The summed E-state index contributed by atoms with van der Waals surface area (Å²) in [6.45, 7) is 2.69. The Morgan fingerprint density at radius 3 is 2.43 bits per heavy atom. The Bertz CT molecular complexity index is 280. The molecule has 5 heteroatoms. The van der Waals surface area contributed by atoms with Gasteiger partial charge >= 0.3 is 12.0 Å². The van der Waals surface area contributed by atoms with Crippen molar-refractivity contribution < 1.29 is 14.7 Å². The van der Waals surface area contributed by atoms with Gasteiger partial charge in [-0.05, 0) is 19.8 Å². The molecular formula is C9H14N2O3. The molecule has 1 saturated heterocycles. The number of amides is 2. The van der Waals surface area contributed by atoms with E-state index >= 15 is 0 Å². The molecule has 5 nitrogen and oxygen atoms in total. The van der Waals surface area contributed by atoms with Gasteiger partial charge in [-0.2, -0.15) is 0 Å². The van der Waals surface area contributed by atoms with Crippen LogP contribution in [0.5, 0.6) is 0 Å². The van der Waals surface area contributed by atoms with E-state index in [2.05, 4.69) is 5.32 Å². The van der Waals surface area contributed by atoms with Gasteiger partial charge in [0.05, 0.1) is 5.92 Å². The molecule has 0 unspecified atom stereocenters. The third-order valence-electron chi connectivity index (χ3n) is 2.93. The predicted octanol–water partition coefficient (Wildman–Crippen LogP) is 0.265. The monoisotopic (exact) mass is 198 g/mol. The molecule has 1 saturated carbocycles. The van der Waals surface area contributed by atoms with Gasteiger partial charge in [0.25, 0.3) is 0 Å². The molecule has 78 valence electrons. The molecule has 2 aliphatic rings. The normalized spacial score (nSPS) is 23.9. The van der Waals surface area contributed by atoms with Gasteiger partial charge in [-0.3, -0.25) is 4.79 Å². The van der Waals surface area contributed by atoms with Crippen LogP contribution in [0.2, 0.25) is 0 Å². The topological polar surface area (TPSA) is 69.6 Å². The summed E-state index contributed by atoms with van der Waals surface area (Å²) in [4.78, 5) is 23.5. The summed E-state index contributed by atoms with van der Waals surface area (Å²) < 4.78 is 0. The van der Waals surface area contributed by atoms with E-state index in [4.69, 9.17) is 5.11 Å². The Morgan fingerprint density at radius 1 is 1.43 bits per heavy atom. The second-order valence-corrected chi connectivity index (χ2v) is 4.43. The van der Waals surface area contributed by atoms with Crippen molar-refractivity contribution in [1.82, 2.24) is 10.2 Å². The molecule has 1 heterocycles. The van der Waals surface area contributed by atoms with Crippen LogP contribution in [0.4, 0.5) is 4.79 Å². The zero-order valence-corrected chi connectivity index (χ0v) is 8.12. The molecule has 2 amide bonds. The van der Waals surface area contributed by atoms with E-state index in [1.165, 1.54) is 0 Å². The second kappa shape index (κ2) is 2.87. The van der Waals surface area contributed by atoms with Crippen LogP contribution >= 0.6 is 0 Å². The lowest BCUT2D eigenvalue weighted by Crippen LogP contribution is -2.57. The summed E-state index contributed by atoms with van der Waals surface area (Å²) in [5, 5.41) is 11.5. The number of rotatable bonds is 2. The summed E-state index contributed by atoms with van der Waals surface area (Å²) in [6.07, 6.45) is 2.05. The molecule has 1 aliphatic heterocycles. The van der Waals surface area contributed by atoms with Crippen molar-refractivity contribution in [1.29, 1.82) is 0 Å². The van der Waals surface area contributed by atoms with Gasteiger partial charge in [-0.15, -0.1) is 0 Å². The number of carbonyl (C=O) groups excluding carboxylic acids is 1. The molecule has 0 atom stereocenters. The van der Waals surface area contributed by atoms with Gasteiger partial charge in [-0.25, -0.2) is 4.79 Å². The second-order valence-electron chi connectivity index (χ2n) is 4.43. The molecule has 14 heavy (non-hydrogen) atoms. The van der Waals surface area contributed by atoms with E-state index in [-0.39, 0.29) is 17.5 Å². The third-order valence-corrected chi connectivity index (χ3v) is 2.93. The molecule has 0 radical (unpaired) electrons. The summed E-state index contributed by atoms with van der Waals surface area (Å²) in [7, 11) is 0. The van der Waals surface area contributed by atoms with Crippen molar-refractivity contribution in [3.63, 3.8) is 0 Å². The quantitative estimate of drug-likeness (QED) is 0.669. The van der Waals surface area contributed by atoms with Crippen LogP contribution in [0.1, 0.15) is 19.8 Å². The molecule has 2 rings (SSSR count). The Balaban J connectivity index is 1.76. The number of aliphatic carboxylic acids is 1. The molecule has 1 aliphatic carbocycles. The SMILES string of the molecule is CC1(NC(=O)N2CC(C(=O)O)C2)CC1. The number of carboxylic acid groups (broad SMARTS) is 1. The fourth-order valence-electron chi connectivity index (χ4n) is 1.45. The first-order valence-electron chi connectivity index (χ1n) is 4.80. The minimum Gasteiger partial charge on any atom is -0.481 e. The largest absolute Gasteiger partial charge is 0.481 e. The highest BCUT2D eigenvalue weighted by atomic mass is 16.4. The summed E-state index contributed by atoms with van der Waals surface area (Å²) in [6, 6.07) is -0.123. The van der Waals surface area contributed by atoms with Gasteiger partial charge in [0.2, 0.25) is 0 Å². The van der Waals surface area contributed by atoms with Crippen molar-refractivity contribution in [2.45, 2.75) is 25.3 Å². The maximum Gasteiger partial charge on any atom is 0.317 e. The van der Waals surface area contributed by atoms with E-state index in [0.717, 1.165) is 12.8 Å². The zero-order valence-electron chi connectivity index (χ0n) is 8.12. The fourth-order valence-corrected chi connectivity index (χ4v) is 1.45. The molecule has 2 fully saturated rings. The Morgan fingerprint density at radius 2 is 2.00 bits per heavy atom. The number of hydrogen-bond donors (Lipinski definition) is 2. The lowest BCUT2D eigenvalue weighted by Gasteiger charge is -2.37. The van der Waals surface area contributed by atoms with Gasteiger partial charge in [0.15, 0.2) is 0 Å². The van der Waals surface area contributed by atoms with E-state index in [1.54, 1.807) is 4.90 Å². The number of carboxylic acids is 1. The van der Waals surface area contributed by atoms with Crippen LogP contribution in [0.25, 0.3) is 0 Å². The number of hydrogen-bond acceptors (Lipinski definition) is 2. The molecular weight excluding hydrogens is 184 g/mol. The first-order chi connectivity index (χ1) is 6.50. The molecule has 0 aromatic carbocycles. The van der Waals surface area contributed by atoms with E-state index in [0.29, 0.717) is 13.1 Å². The summed E-state index contributed by atoms with van der Waals surface area (Å²) in [5.41, 5.74) is -0.0224. The van der Waals surface area contributed by atoms with Gasteiger partial charge in [-0.1, -0.05) is 0 Å². The highest BCUT2D eigenvalue weighted by Gasteiger charge is 2.42. The van der Waals surface area contributed by atoms with E-state index in [1.807, 2.05) is 6.92 Å². The first kappa shape index (κ1) is 9.30. The smallest absolute Gasteiger partial charge is 0.317 e. The van der Waals surface area contributed by atoms with Crippen LogP contribution in [0.15, 0.2) is 0 Å². The molecule has 0 aromatic heterocycles. The Hall–Kier alpha value is -1.26. The van der Waals surface area contributed by atoms with Crippen LogP contribution in [-0.4, -0.2) is 40.6 Å². The van der Waals surface area contributed by atoms with E-state index < -0.39 is 5.97 Å². The van der Waals surface area contributed by atoms with E-state index in [9.17, 15) is 9.59 Å². The predicted molar refractivity (Wildman–Crippen MR) is 48.9 cm³/mol. The highest BCUT2D eigenvalue weighted by molar-refractivity contribution is 5.80. The molecule has 0 spiro atoms. The average molecular weight is 198 g/mol. The van der Waals surface area contributed by atoms with Crippen molar-refractivity contribution in [2.75, 3.05) is 13.1 Å². The number of nitrogens with one attached hydrogen (secondary N) is 1. The maximum absolute atomic E-state index is 11.5. The molecule has 2 N–H and O–H groups in total. The highest BCUT2D eigenvalue weighted by Crippen LogP contribution is 2.34. The van der Waals surface area contributed by atoms with Crippen LogP contribution in [0, 0.1) is 5.92 Å². The minimum atomic E-state index is -0.813. The van der Waals surface area contributed by atoms with Crippen molar-refractivity contribution in [3.05, 3.63) is 0 Å². The summed E-state index contributed by atoms with van der Waals surface area (Å²) in [5.74, 6) is -1.18. The van der Waals surface area contributed by atoms with Gasteiger partial charge in [0, 0.05) is 18.6 Å². The third kappa shape index (κ3) is 1.66. The van der Waals surface area contributed by atoms with Crippen LogP contribution in [-0.2, 0) is 4.79 Å². The Kier molecular flexibility index (Phi) is 1.90. The lowest BCUT2D eigenvalue weighted by atomic mass is 10.0. The maximum atomic E-state index is 11.5. The molecule has 0 bridgehead atoms. The lowest BCUT2D eigenvalue weighted by molar-refractivity contribution is -0.146. The number of carbonyl (C=O) groups is 2. The number of urea groups is 1. The van der Waals surface area contributed by atoms with Crippen molar-refractivity contribution in [3.8, 4) is 0 Å². The van der Waals surface area contributed by atoms with Crippen molar-refractivity contribution >= 4 is 12.0 Å². The van der Waals surface area contributed by atoms with Crippen LogP contribution < -0.4 is 5.32 Å². The standard InChI is InChI=1S/C9H14N2O3/c1-9(2-3-9)10-8(14)11-4-6(5-11)7(12)13/h6H,2-5H2,1H3,(H,10,14)(H,12,13). The average Bonchev–Trinajstić information content (AvgIpc) is 2.62. The molecule has 0 aromatic rings. The zero-order chi connectivity index (χ0) is 10.3. The number of likely N-dealkylation sites (tertiary alicyclic amines) is 1. The van der Waals surface area contributed by atoms with Gasteiger partial charge in [0.1, 0.15) is 0 Å². The minimum absolute atomic E-state index is 0.0224. The van der Waals surface area contributed by atoms with Gasteiger partial charge < -0.3 is 15.3 Å². The summed E-state index contributed by atoms with van der Waals surface area (Å²) >= 11 is 0. The van der Waals surface area contributed by atoms with Crippen molar-refractivity contribution in [2.24, 2.45) is 5.92 Å². The number of nitrogens with zero attached hydrogens (tertiary/aromatic N) is 1. The fraction of sp³-hybridized carbons (Fsp3) is 0.778. The Labute approximate surface area is 82.1 Å².